The van der Waals surface area contributed by atoms with Crippen molar-refractivity contribution in [2.24, 2.45) is 7.05 Å². The Morgan fingerprint density at radius 3 is 1.50 bits per heavy atom. The first-order valence-electron chi connectivity index (χ1n) is 15.4. The monoisotopic (exact) mass is 551 g/mol. The van der Waals surface area contributed by atoms with Gasteiger partial charge in [0.05, 0.1) is 11.4 Å². The Kier molecular flexibility index (Phi) is 6.35. The summed E-state index contributed by atoms with van der Waals surface area (Å²) in [5.41, 5.74) is 12.5. The maximum atomic E-state index is 3.78. The molecular formula is C37H37N5. The topological polar surface area (TPSA) is 60.6 Å². The molecule has 210 valence electrons. The molecule has 0 radical (unpaired) electrons. The summed E-state index contributed by atoms with van der Waals surface area (Å²) in [6.07, 6.45) is 4.90. The van der Waals surface area contributed by atoms with Crippen LogP contribution in [-0.4, -0.2) is 27.6 Å². The number of hydrogen-bond donors (Lipinski definition) is 4. The quantitative estimate of drug-likeness (QED) is 0.153. The summed E-state index contributed by atoms with van der Waals surface area (Å²) in [5, 5.41) is 12.7. The number of benzene rings is 4. The van der Waals surface area contributed by atoms with Crippen LogP contribution in [0.3, 0.4) is 0 Å². The summed E-state index contributed by atoms with van der Waals surface area (Å²) < 4.78 is 2.33. The second-order valence-corrected chi connectivity index (χ2v) is 11.8. The Balaban J connectivity index is 1.33. The lowest BCUT2D eigenvalue weighted by atomic mass is 10.0. The number of nitrogens with zero attached hydrogens (tertiary/aromatic N) is 1. The van der Waals surface area contributed by atoms with Gasteiger partial charge in [0.25, 0.3) is 0 Å². The van der Waals surface area contributed by atoms with Crippen molar-refractivity contribution in [1.29, 1.82) is 0 Å². The van der Waals surface area contributed by atoms with Crippen molar-refractivity contribution in [2.45, 2.75) is 38.8 Å². The molecule has 0 aliphatic carbocycles. The van der Waals surface area contributed by atoms with Gasteiger partial charge >= 0.3 is 0 Å². The van der Waals surface area contributed by atoms with Gasteiger partial charge in [0.2, 0.25) is 0 Å². The number of aromatic amines is 2. The van der Waals surface area contributed by atoms with Gasteiger partial charge < -0.3 is 25.2 Å². The van der Waals surface area contributed by atoms with E-state index in [1.807, 2.05) is 0 Å². The van der Waals surface area contributed by atoms with E-state index in [1.165, 1.54) is 103 Å². The molecule has 5 heteroatoms. The zero-order valence-corrected chi connectivity index (χ0v) is 24.2. The fourth-order valence-corrected chi connectivity index (χ4v) is 7.07. The molecule has 0 fully saturated rings. The van der Waals surface area contributed by atoms with Crippen LogP contribution in [0.15, 0.2) is 84.9 Å². The number of aromatic nitrogens is 3. The number of hydrogen-bond acceptors (Lipinski definition) is 2. The molecule has 0 spiro atoms. The minimum atomic E-state index is 0.863. The van der Waals surface area contributed by atoms with Gasteiger partial charge in [-0.05, 0) is 84.6 Å². The van der Waals surface area contributed by atoms with Crippen LogP contribution in [0.5, 0.6) is 0 Å². The van der Waals surface area contributed by atoms with Gasteiger partial charge in [-0.25, -0.2) is 0 Å². The number of fused-ring (bicyclic) bond motifs is 10. The third-order valence-electron chi connectivity index (χ3n) is 9.27. The van der Waals surface area contributed by atoms with E-state index in [4.69, 9.17) is 0 Å². The predicted molar refractivity (Wildman–Crippen MR) is 177 cm³/mol. The molecule has 8 rings (SSSR count). The highest BCUT2D eigenvalue weighted by atomic mass is 14.9. The molecule has 0 saturated heterocycles. The summed E-state index contributed by atoms with van der Waals surface area (Å²) >= 11 is 0. The maximum Gasteiger partial charge on any atom is 0.0510 e. The highest BCUT2D eigenvalue weighted by Gasteiger charge is 2.18. The molecule has 5 nitrogen and oxygen atoms in total. The third-order valence-corrected chi connectivity index (χ3v) is 9.27. The number of para-hydroxylation sites is 2. The molecule has 4 heterocycles. The first-order chi connectivity index (χ1) is 20.8. The molecule has 0 saturated carbocycles. The van der Waals surface area contributed by atoms with Crippen LogP contribution < -0.4 is 10.6 Å². The van der Waals surface area contributed by atoms with Crippen LogP contribution in [0.1, 0.15) is 36.8 Å². The van der Waals surface area contributed by atoms with Gasteiger partial charge in [0.15, 0.2) is 0 Å². The number of rotatable bonds is 0. The van der Waals surface area contributed by atoms with E-state index in [-0.39, 0.29) is 0 Å². The summed E-state index contributed by atoms with van der Waals surface area (Å²) in [4.78, 5) is 7.55. The maximum absolute atomic E-state index is 3.78. The summed E-state index contributed by atoms with van der Waals surface area (Å²) in [5.74, 6) is 0. The molecule has 1 aliphatic heterocycles. The zero-order chi connectivity index (χ0) is 28.0. The van der Waals surface area contributed by atoms with Crippen molar-refractivity contribution in [3.63, 3.8) is 0 Å². The zero-order valence-electron chi connectivity index (χ0n) is 24.2. The van der Waals surface area contributed by atoms with Crippen molar-refractivity contribution in [2.75, 3.05) is 13.1 Å². The largest absolute Gasteiger partial charge is 0.354 e. The van der Waals surface area contributed by atoms with E-state index < -0.39 is 0 Å². The minimum absolute atomic E-state index is 0.863. The summed E-state index contributed by atoms with van der Waals surface area (Å²) in [6.45, 7) is 3.80. The molecule has 0 unspecified atom stereocenters. The fourth-order valence-electron chi connectivity index (χ4n) is 7.07. The van der Waals surface area contributed by atoms with E-state index >= 15 is 0 Å². The minimum Gasteiger partial charge on any atom is -0.354 e. The van der Waals surface area contributed by atoms with Gasteiger partial charge in [-0.2, -0.15) is 0 Å². The molecule has 3 aromatic heterocycles. The lowest BCUT2D eigenvalue weighted by Gasteiger charge is -2.10. The Morgan fingerprint density at radius 1 is 0.524 bits per heavy atom. The summed E-state index contributed by atoms with van der Waals surface area (Å²) in [6, 6.07) is 31.3. The average molecular weight is 552 g/mol. The highest BCUT2D eigenvalue weighted by Crippen LogP contribution is 2.38. The average Bonchev–Trinajstić information content (AvgIpc) is 3.67. The SMILES string of the molecule is Cn1c2ccc3cc2c2cc(ccc21)-c1[nH]c2ccccc2c1CNCCCCCCNCc1c-3[nH]c2ccccc12. The fraction of sp³-hybridized carbons (Fsp3) is 0.243. The standard InChI is InChI=1S/C37H37N5/c1-42-34-16-14-24-20-28(34)29-21-25(15-17-35(29)42)37-31(27-11-5-7-13-33(27)41-37)23-39-19-9-3-2-8-18-38-22-30-26-10-4-6-12-32(26)40-36(24)30/h4-7,10-17,20-21,38-41H,2-3,8-9,18-19,22-23H2,1H3. The molecule has 1 aliphatic rings. The molecule has 0 amide bonds. The van der Waals surface area contributed by atoms with E-state index in [0.29, 0.717) is 0 Å². The van der Waals surface area contributed by atoms with Crippen LogP contribution in [0, 0.1) is 0 Å². The number of aryl methyl sites for hydroxylation is 1. The van der Waals surface area contributed by atoms with Crippen LogP contribution in [0.4, 0.5) is 0 Å². The second kappa shape index (κ2) is 10.5. The van der Waals surface area contributed by atoms with Crippen molar-refractivity contribution in [3.05, 3.63) is 96.1 Å². The van der Waals surface area contributed by atoms with Gasteiger partial charge in [-0.15, -0.1) is 0 Å². The molecule has 42 heavy (non-hydrogen) atoms. The van der Waals surface area contributed by atoms with Crippen LogP contribution in [0.25, 0.3) is 66.1 Å². The van der Waals surface area contributed by atoms with Gasteiger partial charge in [-0.1, -0.05) is 61.4 Å². The van der Waals surface area contributed by atoms with Crippen molar-refractivity contribution < 1.29 is 0 Å². The van der Waals surface area contributed by atoms with Crippen molar-refractivity contribution in [3.8, 4) is 22.5 Å². The normalized spacial score (nSPS) is 15.3. The molecule has 0 atom stereocenters. The first kappa shape index (κ1) is 25.4. The number of nitrogens with one attached hydrogen (secondary N) is 4. The van der Waals surface area contributed by atoms with Gasteiger partial charge in [0.1, 0.15) is 0 Å². The van der Waals surface area contributed by atoms with Crippen LogP contribution >= 0.6 is 0 Å². The van der Waals surface area contributed by atoms with Crippen molar-refractivity contribution in [1.82, 2.24) is 25.2 Å². The second-order valence-electron chi connectivity index (χ2n) is 11.8. The molecule has 4 bridgehead atoms. The predicted octanol–water partition coefficient (Wildman–Crippen LogP) is 8.38. The number of H-pyrrole nitrogens is 2. The van der Waals surface area contributed by atoms with Crippen LogP contribution in [0.2, 0.25) is 0 Å². The van der Waals surface area contributed by atoms with Gasteiger partial charge in [0, 0.05) is 63.7 Å². The Morgan fingerprint density at radius 2 is 1.00 bits per heavy atom. The van der Waals surface area contributed by atoms with E-state index in [9.17, 15) is 0 Å². The molecule has 4 N–H and O–H groups in total. The van der Waals surface area contributed by atoms with E-state index in [0.717, 1.165) is 26.2 Å². The van der Waals surface area contributed by atoms with Crippen molar-refractivity contribution >= 4 is 43.6 Å². The third kappa shape index (κ3) is 4.23. The van der Waals surface area contributed by atoms with Gasteiger partial charge in [-0.3, -0.25) is 0 Å². The lowest BCUT2D eigenvalue weighted by molar-refractivity contribution is 0.564. The Bertz CT molecular complexity index is 1920. The molecule has 7 aromatic rings. The molecule has 4 aromatic carbocycles. The lowest BCUT2D eigenvalue weighted by Crippen LogP contribution is -2.16. The Labute approximate surface area is 245 Å². The first-order valence-corrected chi connectivity index (χ1v) is 15.4. The Hall–Kier alpha value is -4.32. The van der Waals surface area contributed by atoms with E-state index in [2.05, 4.69) is 117 Å². The molecular weight excluding hydrogens is 514 g/mol. The highest BCUT2D eigenvalue weighted by molar-refractivity contribution is 6.11. The van der Waals surface area contributed by atoms with Crippen LogP contribution in [-0.2, 0) is 20.1 Å². The summed E-state index contributed by atoms with van der Waals surface area (Å²) in [7, 11) is 2.18. The van der Waals surface area contributed by atoms with E-state index in [1.54, 1.807) is 0 Å². The smallest absolute Gasteiger partial charge is 0.0510 e.